The number of benzene rings is 1. The van der Waals surface area contributed by atoms with Gasteiger partial charge in [-0.15, -0.1) is 0 Å². The lowest BCUT2D eigenvalue weighted by Gasteiger charge is -2.06. The molecular weight excluding hydrogens is 242 g/mol. The Morgan fingerprint density at radius 3 is 2.29 bits per heavy atom. The Balaban J connectivity index is 2.67. The maximum Gasteiger partial charge on any atom is 0.306 e. The van der Waals surface area contributed by atoms with Gasteiger partial charge in [0.1, 0.15) is 0 Å². The summed E-state index contributed by atoms with van der Waals surface area (Å²) in [5.41, 5.74) is 0.894. The fraction of sp³-hybridized carbons (Fsp3) is 0.364. The molecule has 0 aliphatic heterocycles. The number of primary sulfonamides is 1. The zero-order valence-corrected chi connectivity index (χ0v) is 10.3. The molecule has 1 aromatic rings. The molecule has 0 saturated heterocycles. The minimum atomic E-state index is -3.66. The van der Waals surface area contributed by atoms with E-state index in [1.165, 1.54) is 12.1 Å². The first kappa shape index (κ1) is 13.7. The predicted molar refractivity (Wildman–Crippen MR) is 62.9 cm³/mol. The highest BCUT2D eigenvalue weighted by molar-refractivity contribution is 7.89. The van der Waals surface area contributed by atoms with E-state index in [0.29, 0.717) is 12.8 Å². The molecule has 1 unspecified atom stereocenters. The molecule has 0 radical (unpaired) electrons. The Morgan fingerprint density at radius 2 is 1.88 bits per heavy atom. The van der Waals surface area contributed by atoms with Crippen molar-refractivity contribution in [1.82, 2.24) is 0 Å². The van der Waals surface area contributed by atoms with Crippen molar-refractivity contribution < 1.29 is 18.3 Å². The summed E-state index contributed by atoms with van der Waals surface area (Å²) in [5, 5.41) is 13.7. The number of aryl methyl sites for hydroxylation is 1. The Morgan fingerprint density at radius 1 is 1.35 bits per heavy atom. The lowest BCUT2D eigenvalue weighted by Crippen LogP contribution is -2.12. The maximum atomic E-state index is 11.0. The number of carbonyl (C=O) groups is 1. The number of carboxylic acids is 1. The Bertz CT molecular complexity index is 493. The number of aliphatic carboxylic acids is 1. The van der Waals surface area contributed by atoms with Crippen LogP contribution in [0.25, 0.3) is 0 Å². The SMILES string of the molecule is CC(CCc1ccc(S(N)(=O)=O)cc1)C(=O)O. The molecule has 0 amide bonds. The van der Waals surface area contributed by atoms with E-state index in [-0.39, 0.29) is 4.90 Å². The van der Waals surface area contributed by atoms with E-state index in [2.05, 4.69) is 0 Å². The number of hydrogen-bond donors (Lipinski definition) is 2. The lowest BCUT2D eigenvalue weighted by molar-refractivity contribution is -0.141. The lowest BCUT2D eigenvalue weighted by atomic mass is 10.0. The van der Waals surface area contributed by atoms with Gasteiger partial charge in [0.15, 0.2) is 0 Å². The zero-order chi connectivity index (χ0) is 13.1. The standard InChI is InChI=1S/C11H15NO4S/c1-8(11(13)14)2-3-9-4-6-10(7-5-9)17(12,15)16/h4-8H,2-3H2,1H3,(H,13,14)(H2,12,15,16). The second-order valence-electron chi connectivity index (χ2n) is 3.97. The molecule has 1 atom stereocenters. The summed E-state index contributed by atoms with van der Waals surface area (Å²) in [4.78, 5) is 10.7. The van der Waals surface area contributed by atoms with E-state index in [1.54, 1.807) is 19.1 Å². The number of rotatable bonds is 5. The van der Waals surface area contributed by atoms with E-state index >= 15 is 0 Å². The smallest absolute Gasteiger partial charge is 0.306 e. The molecule has 94 valence electrons. The van der Waals surface area contributed by atoms with Crippen LogP contribution in [0, 0.1) is 5.92 Å². The van der Waals surface area contributed by atoms with Crippen LogP contribution in [-0.2, 0) is 21.2 Å². The third kappa shape index (κ3) is 4.16. The average Bonchev–Trinajstić information content (AvgIpc) is 2.25. The van der Waals surface area contributed by atoms with Gasteiger partial charge in [0.2, 0.25) is 10.0 Å². The molecule has 0 spiro atoms. The van der Waals surface area contributed by atoms with Gasteiger partial charge in [-0.2, -0.15) is 0 Å². The number of sulfonamides is 1. The highest BCUT2D eigenvalue weighted by Crippen LogP contribution is 2.13. The van der Waals surface area contributed by atoms with Crippen molar-refractivity contribution >= 4 is 16.0 Å². The number of carboxylic acid groups (broad SMARTS) is 1. The molecule has 3 N–H and O–H groups in total. The van der Waals surface area contributed by atoms with Crippen LogP contribution >= 0.6 is 0 Å². The predicted octanol–water partition coefficient (Wildman–Crippen LogP) is 0.987. The molecule has 6 heteroatoms. The summed E-state index contributed by atoms with van der Waals surface area (Å²) in [6, 6.07) is 6.15. The van der Waals surface area contributed by atoms with Crippen molar-refractivity contribution in [2.45, 2.75) is 24.7 Å². The first-order valence-electron chi connectivity index (χ1n) is 5.15. The molecule has 17 heavy (non-hydrogen) atoms. The van der Waals surface area contributed by atoms with Crippen LogP contribution in [0.15, 0.2) is 29.2 Å². The van der Waals surface area contributed by atoms with Crippen LogP contribution in [0.2, 0.25) is 0 Å². The van der Waals surface area contributed by atoms with E-state index < -0.39 is 21.9 Å². The number of hydrogen-bond acceptors (Lipinski definition) is 3. The summed E-state index contributed by atoms with van der Waals surface area (Å²) in [6.07, 6.45) is 1.11. The van der Waals surface area contributed by atoms with Gasteiger partial charge in [0, 0.05) is 0 Å². The van der Waals surface area contributed by atoms with E-state index in [9.17, 15) is 13.2 Å². The molecule has 1 rings (SSSR count). The summed E-state index contributed by atoms with van der Waals surface area (Å²) < 4.78 is 22.0. The highest BCUT2D eigenvalue weighted by Gasteiger charge is 2.11. The van der Waals surface area contributed by atoms with Crippen molar-refractivity contribution in [3.63, 3.8) is 0 Å². The van der Waals surface area contributed by atoms with Gasteiger partial charge in [0.05, 0.1) is 10.8 Å². The monoisotopic (exact) mass is 257 g/mol. The van der Waals surface area contributed by atoms with E-state index in [1.807, 2.05) is 0 Å². The van der Waals surface area contributed by atoms with Gasteiger partial charge in [-0.05, 0) is 30.5 Å². The van der Waals surface area contributed by atoms with Crippen LogP contribution < -0.4 is 5.14 Å². The summed E-state index contributed by atoms with van der Waals surface area (Å²) in [5.74, 6) is -1.24. The van der Waals surface area contributed by atoms with Gasteiger partial charge in [-0.1, -0.05) is 19.1 Å². The van der Waals surface area contributed by atoms with Crippen molar-refractivity contribution in [3.8, 4) is 0 Å². The van der Waals surface area contributed by atoms with Crippen LogP contribution in [0.3, 0.4) is 0 Å². The van der Waals surface area contributed by atoms with E-state index in [0.717, 1.165) is 5.56 Å². The largest absolute Gasteiger partial charge is 0.481 e. The molecule has 0 fully saturated rings. The molecule has 0 heterocycles. The minimum Gasteiger partial charge on any atom is -0.481 e. The fourth-order valence-corrected chi connectivity index (χ4v) is 1.87. The normalized spacial score (nSPS) is 13.3. The molecule has 0 aromatic heterocycles. The van der Waals surface area contributed by atoms with Gasteiger partial charge in [0.25, 0.3) is 0 Å². The molecule has 5 nitrogen and oxygen atoms in total. The quantitative estimate of drug-likeness (QED) is 0.821. The summed E-state index contributed by atoms with van der Waals surface area (Å²) in [7, 11) is -3.66. The Labute approximate surface area is 100 Å². The van der Waals surface area contributed by atoms with Crippen LogP contribution in [-0.4, -0.2) is 19.5 Å². The van der Waals surface area contributed by atoms with Crippen molar-refractivity contribution in [2.75, 3.05) is 0 Å². The van der Waals surface area contributed by atoms with Crippen LogP contribution in [0.4, 0.5) is 0 Å². The molecular formula is C11H15NO4S. The van der Waals surface area contributed by atoms with E-state index in [4.69, 9.17) is 10.2 Å². The van der Waals surface area contributed by atoms with Gasteiger partial charge < -0.3 is 5.11 Å². The maximum absolute atomic E-state index is 11.0. The summed E-state index contributed by atoms with van der Waals surface area (Å²) in [6.45, 7) is 1.64. The van der Waals surface area contributed by atoms with Crippen molar-refractivity contribution in [2.24, 2.45) is 11.1 Å². The molecule has 0 aliphatic carbocycles. The third-order valence-electron chi connectivity index (χ3n) is 2.54. The number of nitrogens with two attached hydrogens (primary N) is 1. The first-order valence-corrected chi connectivity index (χ1v) is 6.70. The molecule has 0 saturated carbocycles. The van der Waals surface area contributed by atoms with Crippen LogP contribution in [0.5, 0.6) is 0 Å². The molecule has 0 bridgehead atoms. The van der Waals surface area contributed by atoms with Crippen molar-refractivity contribution in [3.05, 3.63) is 29.8 Å². The first-order chi connectivity index (χ1) is 7.80. The molecule has 0 aliphatic rings. The second-order valence-corrected chi connectivity index (χ2v) is 5.53. The van der Waals surface area contributed by atoms with Gasteiger partial charge in [-0.25, -0.2) is 13.6 Å². The van der Waals surface area contributed by atoms with Gasteiger partial charge >= 0.3 is 5.97 Å². The Kier molecular flexibility index (Phi) is 4.25. The van der Waals surface area contributed by atoms with Crippen molar-refractivity contribution in [1.29, 1.82) is 0 Å². The zero-order valence-electron chi connectivity index (χ0n) is 9.46. The molecule has 1 aromatic carbocycles. The Hall–Kier alpha value is -1.40. The highest BCUT2D eigenvalue weighted by atomic mass is 32.2. The topological polar surface area (TPSA) is 97.5 Å². The minimum absolute atomic E-state index is 0.0625. The second kappa shape index (κ2) is 5.29. The van der Waals surface area contributed by atoms with Gasteiger partial charge in [-0.3, -0.25) is 4.79 Å². The summed E-state index contributed by atoms with van der Waals surface area (Å²) >= 11 is 0. The fourth-order valence-electron chi connectivity index (χ4n) is 1.35. The van der Waals surface area contributed by atoms with Crippen LogP contribution in [0.1, 0.15) is 18.9 Å². The third-order valence-corrected chi connectivity index (χ3v) is 3.47. The average molecular weight is 257 g/mol.